The molecule has 1 fully saturated rings. The maximum absolute atomic E-state index is 12.1. The third kappa shape index (κ3) is 4.69. The molecule has 0 bridgehead atoms. The SMILES string of the molecule is Cn1c(=O)ccc2ncc(Cl)c(OCC3CCC(NCc4ncc5c(n4)NC(=O)CO5)CC3)c21. The second kappa shape index (κ2) is 9.55. The standard InChI is InChI=1S/C23H25ClN6O4/c1-30-20(32)7-6-16-21(30)22(15(24)8-26-16)34-11-13-2-4-14(5-3-13)25-10-18-27-9-17-23(28-18)29-19(31)12-33-17/h6-9,13-14,25H,2-5,10-12H2,1H3,(H,27,28,29,31). The van der Waals surface area contributed by atoms with Gasteiger partial charge in [-0.05, 0) is 37.7 Å². The van der Waals surface area contributed by atoms with Gasteiger partial charge in [0.2, 0.25) is 0 Å². The van der Waals surface area contributed by atoms with E-state index in [1.807, 2.05) is 0 Å². The number of aryl methyl sites for hydroxylation is 1. The van der Waals surface area contributed by atoms with Gasteiger partial charge in [-0.1, -0.05) is 11.6 Å². The first kappa shape index (κ1) is 22.5. The lowest BCUT2D eigenvalue weighted by Gasteiger charge is -2.29. The summed E-state index contributed by atoms with van der Waals surface area (Å²) in [5.74, 6) is 2.21. The number of nitrogens with one attached hydrogen (secondary N) is 2. The first-order chi connectivity index (χ1) is 16.5. The number of ether oxygens (including phenoxy) is 2. The predicted octanol–water partition coefficient (Wildman–Crippen LogP) is 2.44. The Hall–Kier alpha value is -3.24. The van der Waals surface area contributed by atoms with Crippen molar-refractivity contribution in [3.63, 3.8) is 0 Å². The molecule has 4 heterocycles. The summed E-state index contributed by atoms with van der Waals surface area (Å²) in [5.41, 5.74) is 1.15. The van der Waals surface area contributed by atoms with Crippen molar-refractivity contribution in [3.8, 4) is 11.5 Å². The summed E-state index contributed by atoms with van der Waals surface area (Å²) >= 11 is 6.36. The maximum Gasteiger partial charge on any atom is 0.263 e. The average molecular weight is 485 g/mol. The van der Waals surface area contributed by atoms with Crippen LogP contribution in [0.3, 0.4) is 0 Å². The number of anilines is 1. The van der Waals surface area contributed by atoms with E-state index in [0.29, 0.717) is 64.3 Å². The number of aromatic nitrogens is 4. The van der Waals surface area contributed by atoms with Gasteiger partial charge in [0.15, 0.2) is 23.9 Å². The molecule has 10 nitrogen and oxygen atoms in total. The summed E-state index contributed by atoms with van der Waals surface area (Å²) in [6.07, 6.45) is 7.17. The third-order valence-electron chi connectivity index (χ3n) is 6.32. The largest absolute Gasteiger partial charge is 0.489 e. The number of hydrogen-bond donors (Lipinski definition) is 2. The molecule has 0 spiro atoms. The highest BCUT2D eigenvalue weighted by Crippen LogP contribution is 2.33. The Morgan fingerprint density at radius 3 is 2.85 bits per heavy atom. The van der Waals surface area contributed by atoms with Gasteiger partial charge in [0.05, 0.1) is 31.1 Å². The van der Waals surface area contributed by atoms with Gasteiger partial charge in [0.1, 0.15) is 16.4 Å². The molecule has 1 amide bonds. The normalized spacial score (nSPS) is 19.9. The van der Waals surface area contributed by atoms with Crippen LogP contribution in [0.5, 0.6) is 11.5 Å². The van der Waals surface area contributed by atoms with E-state index in [9.17, 15) is 9.59 Å². The minimum Gasteiger partial charge on any atom is -0.489 e. The van der Waals surface area contributed by atoms with Crippen LogP contribution in [0.2, 0.25) is 5.02 Å². The Balaban J connectivity index is 1.15. The van der Waals surface area contributed by atoms with Crippen molar-refractivity contribution in [2.24, 2.45) is 13.0 Å². The zero-order valence-corrected chi connectivity index (χ0v) is 19.5. The van der Waals surface area contributed by atoms with Gasteiger partial charge in [-0.2, -0.15) is 0 Å². The second-order valence-corrected chi connectivity index (χ2v) is 9.05. The van der Waals surface area contributed by atoms with Crippen LogP contribution in [0.1, 0.15) is 31.5 Å². The molecule has 11 heteroatoms. The molecule has 0 saturated heterocycles. The number of hydrogen-bond acceptors (Lipinski definition) is 8. The number of carbonyl (C=O) groups excluding carboxylic acids is 1. The quantitative estimate of drug-likeness (QED) is 0.547. The number of rotatable bonds is 6. The Kier molecular flexibility index (Phi) is 6.34. The molecule has 0 radical (unpaired) electrons. The van der Waals surface area contributed by atoms with Crippen molar-refractivity contribution < 1.29 is 14.3 Å². The fourth-order valence-corrected chi connectivity index (χ4v) is 4.59. The summed E-state index contributed by atoms with van der Waals surface area (Å²) in [6.45, 7) is 1.03. The topological polar surface area (TPSA) is 120 Å². The van der Waals surface area contributed by atoms with Crippen molar-refractivity contribution in [1.82, 2.24) is 24.8 Å². The van der Waals surface area contributed by atoms with Crippen LogP contribution in [-0.4, -0.2) is 44.7 Å². The summed E-state index contributed by atoms with van der Waals surface area (Å²) in [6, 6.07) is 3.53. The van der Waals surface area contributed by atoms with Gasteiger partial charge in [0.25, 0.3) is 11.5 Å². The summed E-state index contributed by atoms with van der Waals surface area (Å²) in [5, 5.41) is 6.61. The van der Waals surface area contributed by atoms with E-state index < -0.39 is 0 Å². The smallest absolute Gasteiger partial charge is 0.263 e. The van der Waals surface area contributed by atoms with E-state index >= 15 is 0 Å². The first-order valence-electron chi connectivity index (χ1n) is 11.3. The van der Waals surface area contributed by atoms with Gasteiger partial charge in [-0.25, -0.2) is 9.97 Å². The van der Waals surface area contributed by atoms with Crippen LogP contribution < -0.4 is 25.7 Å². The molecule has 1 aliphatic carbocycles. The van der Waals surface area contributed by atoms with Crippen LogP contribution in [0, 0.1) is 5.92 Å². The summed E-state index contributed by atoms with van der Waals surface area (Å²) < 4.78 is 12.9. The molecule has 2 N–H and O–H groups in total. The van der Waals surface area contributed by atoms with E-state index in [1.165, 1.54) is 10.6 Å². The monoisotopic (exact) mass is 484 g/mol. The molecule has 2 aliphatic rings. The molecule has 5 rings (SSSR count). The average Bonchev–Trinajstić information content (AvgIpc) is 2.85. The second-order valence-electron chi connectivity index (χ2n) is 8.65. The van der Waals surface area contributed by atoms with E-state index in [0.717, 1.165) is 25.7 Å². The fraction of sp³-hybridized carbons (Fsp3) is 0.435. The van der Waals surface area contributed by atoms with Crippen molar-refractivity contribution in [2.75, 3.05) is 18.5 Å². The zero-order valence-electron chi connectivity index (χ0n) is 18.7. The highest BCUT2D eigenvalue weighted by Gasteiger charge is 2.23. The van der Waals surface area contributed by atoms with E-state index in [2.05, 4.69) is 25.6 Å². The van der Waals surface area contributed by atoms with Crippen LogP contribution in [0.25, 0.3) is 11.0 Å². The number of pyridine rings is 2. The predicted molar refractivity (Wildman–Crippen MR) is 126 cm³/mol. The van der Waals surface area contributed by atoms with E-state index in [-0.39, 0.29) is 18.1 Å². The van der Waals surface area contributed by atoms with Crippen LogP contribution in [0.4, 0.5) is 5.82 Å². The minimum absolute atomic E-state index is 0.0113. The van der Waals surface area contributed by atoms with Gasteiger partial charge in [-0.3, -0.25) is 14.6 Å². The molecule has 0 atom stereocenters. The molecule has 178 valence electrons. The molecule has 1 saturated carbocycles. The Morgan fingerprint density at radius 1 is 1.21 bits per heavy atom. The van der Waals surface area contributed by atoms with Gasteiger partial charge in [0, 0.05) is 19.2 Å². The molecular formula is C23H25ClN6O4. The summed E-state index contributed by atoms with van der Waals surface area (Å²) in [7, 11) is 1.69. The lowest BCUT2D eigenvalue weighted by atomic mass is 9.86. The Labute approximate surface area is 200 Å². The van der Waals surface area contributed by atoms with E-state index in [4.69, 9.17) is 21.1 Å². The van der Waals surface area contributed by atoms with Crippen molar-refractivity contribution in [1.29, 1.82) is 0 Å². The molecular weight excluding hydrogens is 460 g/mol. The van der Waals surface area contributed by atoms with Crippen LogP contribution in [0.15, 0.2) is 29.3 Å². The lowest BCUT2D eigenvalue weighted by Crippen LogP contribution is -2.34. The molecule has 1 aliphatic heterocycles. The Morgan fingerprint density at radius 2 is 2.03 bits per heavy atom. The zero-order chi connectivity index (χ0) is 23.7. The summed E-state index contributed by atoms with van der Waals surface area (Å²) in [4.78, 5) is 36.6. The fourth-order valence-electron chi connectivity index (χ4n) is 4.40. The third-order valence-corrected chi connectivity index (χ3v) is 6.59. The van der Waals surface area contributed by atoms with Gasteiger partial charge in [-0.15, -0.1) is 0 Å². The number of fused-ring (bicyclic) bond motifs is 2. The molecule has 3 aromatic rings. The molecule has 34 heavy (non-hydrogen) atoms. The highest BCUT2D eigenvalue weighted by atomic mass is 35.5. The van der Waals surface area contributed by atoms with E-state index in [1.54, 1.807) is 25.5 Å². The van der Waals surface area contributed by atoms with Crippen LogP contribution >= 0.6 is 11.6 Å². The van der Waals surface area contributed by atoms with Gasteiger partial charge < -0.3 is 24.7 Å². The Bertz CT molecular complexity index is 1290. The van der Waals surface area contributed by atoms with Crippen molar-refractivity contribution >= 4 is 34.4 Å². The van der Waals surface area contributed by atoms with Crippen molar-refractivity contribution in [3.05, 3.63) is 45.7 Å². The molecule has 0 aromatic carbocycles. The number of carbonyl (C=O) groups is 1. The number of nitrogens with zero attached hydrogens (tertiary/aromatic N) is 4. The first-order valence-corrected chi connectivity index (χ1v) is 11.6. The van der Waals surface area contributed by atoms with Crippen molar-refractivity contribution in [2.45, 2.75) is 38.3 Å². The molecule has 0 unspecified atom stereocenters. The maximum atomic E-state index is 12.1. The number of amides is 1. The van der Waals surface area contributed by atoms with Crippen LogP contribution in [-0.2, 0) is 18.4 Å². The van der Waals surface area contributed by atoms with Gasteiger partial charge >= 0.3 is 0 Å². The number of halogens is 1. The molecule has 3 aromatic heterocycles. The lowest BCUT2D eigenvalue weighted by molar-refractivity contribution is -0.118. The highest BCUT2D eigenvalue weighted by molar-refractivity contribution is 6.32. The minimum atomic E-state index is -0.214.